The SMILES string of the molecule is O=C(O)CN(CCCN(CCN(CC(=O)O)CC(=O)O)Cc1ccccn1)CC(=O)O. The van der Waals surface area contributed by atoms with Crippen LogP contribution in [-0.2, 0) is 25.7 Å². The first kappa shape index (κ1) is 25.9. The molecule has 0 radical (unpaired) electrons. The Bertz CT molecular complexity index is 699. The monoisotopic (exact) mass is 440 g/mol. The molecule has 1 aromatic heterocycles. The zero-order valence-corrected chi connectivity index (χ0v) is 17.1. The van der Waals surface area contributed by atoms with Gasteiger partial charge in [0.1, 0.15) is 0 Å². The van der Waals surface area contributed by atoms with Crippen molar-refractivity contribution in [2.24, 2.45) is 0 Å². The van der Waals surface area contributed by atoms with E-state index in [0.29, 0.717) is 26.1 Å². The summed E-state index contributed by atoms with van der Waals surface area (Å²) in [5, 5.41) is 35.8. The smallest absolute Gasteiger partial charge is 0.317 e. The molecule has 4 N–H and O–H groups in total. The number of rotatable bonds is 17. The van der Waals surface area contributed by atoms with Gasteiger partial charge in [-0.05, 0) is 25.1 Å². The Morgan fingerprint density at radius 3 is 1.58 bits per heavy atom. The molecule has 0 saturated carbocycles. The summed E-state index contributed by atoms with van der Waals surface area (Å²) in [7, 11) is 0. The average Bonchev–Trinajstić information content (AvgIpc) is 2.64. The predicted octanol–water partition coefficient (Wildman–Crippen LogP) is -0.784. The van der Waals surface area contributed by atoms with Crippen LogP contribution in [0, 0.1) is 0 Å². The van der Waals surface area contributed by atoms with Crippen LogP contribution in [0.1, 0.15) is 12.1 Å². The van der Waals surface area contributed by atoms with Crippen molar-refractivity contribution in [2.75, 3.05) is 52.4 Å². The van der Waals surface area contributed by atoms with Gasteiger partial charge in [0.2, 0.25) is 0 Å². The highest BCUT2D eigenvalue weighted by atomic mass is 16.4. The quantitative estimate of drug-likeness (QED) is 0.238. The zero-order chi connectivity index (χ0) is 23.2. The van der Waals surface area contributed by atoms with Gasteiger partial charge in [0.05, 0.1) is 31.9 Å². The van der Waals surface area contributed by atoms with Crippen molar-refractivity contribution in [1.29, 1.82) is 0 Å². The molecule has 12 nitrogen and oxygen atoms in total. The van der Waals surface area contributed by atoms with Crippen molar-refractivity contribution in [3.8, 4) is 0 Å². The van der Waals surface area contributed by atoms with E-state index >= 15 is 0 Å². The van der Waals surface area contributed by atoms with E-state index in [4.69, 9.17) is 20.4 Å². The number of nitrogens with zero attached hydrogens (tertiary/aromatic N) is 4. The maximum absolute atomic E-state index is 11.0. The van der Waals surface area contributed by atoms with Gasteiger partial charge in [0.15, 0.2) is 0 Å². The summed E-state index contributed by atoms with van der Waals surface area (Å²) < 4.78 is 0. The molecule has 0 bridgehead atoms. The number of aliphatic carboxylic acids is 4. The minimum Gasteiger partial charge on any atom is -0.480 e. The average molecular weight is 440 g/mol. The predicted molar refractivity (Wildman–Crippen MR) is 108 cm³/mol. The van der Waals surface area contributed by atoms with Crippen LogP contribution in [0.5, 0.6) is 0 Å². The molecule has 172 valence electrons. The maximum atomic E-state index is 11.0. The Labute approximate surface area is 179 Å². The largest absolute Gasteiger partial charge is 0.480 e. The normalized spacial score (nSPS) is 11.2. The molecule has 0 atom stereocenters. The first-order valence-electron chi connectivity index (χ1n) is 9.60. The lowest BCUT2D eigenvalue weighted by Crippen LogP contribution is -2.41. The molecule has 12 heteroatoms. The number of carboxylic acids is 4. The van der Waals surface area contributed by atoms with Gasteiger partial charge in [-0.25, -0.2) is 0 Å². The highest BCUT2D eigenvalue weighted by Crippen LogP contribution is 2.04. The lowest BCUT2D eigenvalue weighted by atomic mass is 10.2. The van der Waals surface area contributed by atoms with E-state index in [9.17, 15) is 19.2 Å². The first-order valence-corrected chi connectivity index (χ1v) is 9.60. The second kappa shape index (κ2) is 14.0. The summed E-state index contributed by atoms with van der Waals surface area (Å²) >= 11 is 0. The second-order valence-electron chi connectivity index (χ2n) is 6.95. The van der Waals surface area contributed by atoms with Gasteiger partial charge < -0.3 is 20.4 Å². The Hall–Kier alpha value is -3.09. The Balaban J connectivity index is 2.73. The van der Waals surface area contributed by atoms with E-state index in [0.717, 1.165) is 5.69 Å². The van der Waals surface area contributed by atoms with Crippen LogP contribution in [0.15, 0.2) is 24.4 Å². The van der Waals surface area contributed by atoms with Gasteiger partial charge in [0, 0.05) is 32.4 Å². The lowest BCUT2D eigenvalue weighted by Gasteiger charge is -2.27. The third kappa shape index (κ3) is 12.9. The molecule has 0 aliphatic heterocycles. The third-order valence-electron chi connectivity index (χ3n) is 4.23. The Morgan fingerprint density at radius 1 is 0.677 bits per heavy atom. The fourth-order valence-electron chi connectivity index (χ4n) is 2.98. The summed E-state index contributed by atoms with van der Waals surface area (Å²) in [6.07, 6.45) is 2.10. The molecule has 0 fully saturated rings. The van der Waals surface area contributed by atoms with Gasteiger partial charge in [-0.3, -0.25) is 38.9 Å². The van der Waals surface area contributed by atoms with Crippen LogP contribution >= 0.6 is 0 Å². The fraction of sp³-hybridized carbons (Fsp3) is 0.526. The molecule has 0 saturated heterocycles. The molecule has 0 aromatic carbocycles. The Morgan fingerprint density at radius 2 is 1.13 bits per heavy atom. The molecular weight excluding hydrogens is 412 g/mol. The van der Waals surface area contributed by atoms with E-state index in [1.165, 1.54) is 9.80 Å². The van der Waals surface area contributed by atoms with E-state index in [-0.39, 0.29) is 13.1 Å². The van der Waals surface area contributed by atoms with Crippen molar-refractivity contribution in [2.45, 2.75) is 13.0 Å². The minimum absolute atomic E-state index is 0.194. The third-order valence-corrected chi connectivity index (χ3v) is 4.23. The van der Waals surface area contributed by atoms with Gasteiger partial charge in [0.25, 0.3) is 0 Å². The van der Waals surface area contributed by atoms with Crippen LogP contribution in [0.2, 0.25) is 0 Å². The second-order valence-corrected chi connectivity index (χ2v) is 6.95. The molecule has 0 amide bonds. The summed E-state index contributed by atoms with van der Waals surface area (Å²) in [5.74, 6) is -4.50. The lowest BCUT2D eigenvalue weighted by molar-refractivity contribution is -0.144. The fourth-order valence-corrected chi connectivity index (χ4v) is 2.98. The van der Waals surface area contributed by atoms with E-state index in [2.05, 4.69) is 4.98 Å². The molecule has 1 aromatic rings. The summed E-state index contributed by atoms with van der Waals surface area (Å²) in [4.78, 5) is 52.6. The number of carboxylic acid groups (broad SMARTS) is 4. The summed E-state index contributed by atoms with van der Waals surface area (Å²) in [6.45, 7) is 0.0746. The molecule has 1 rings (SSSR count). The van der Waals surface area contributed by atoms with Crippen molar-refractivity contribution >= 4 is 23.9 Å². The minimum atomic E-state index is -1.13. The highest BCUT2D eigenvalue weighted by molar-refractivity contribution is 5.73. The number of hydrogen-bond acceptors (Lipinski definition) is 8. The molecule has 0 unspecified atom stereocenters. The van der Waals surface area contributed by atoms with Gasteiger partial charge in [-0.2, -0.15) is 0 Å². The van der Waals surface area contributed by atoms with Gasteiger partial charge >= 0.3 is 23.9 Å². The molecule has 0 aliphatic carbocycles. The van der Waals surface area contributed by atoms with Crippen LogP contribution in [-0.4, -0.2) is 116 Å². The summed E-state index contributed by atoms with van der Waals surface area (Å²) in [5.41, 5.74) is 0.762. The van der Waals surface area contributed by atoms with E-state index in [1.54, 1.807) is 12.3 Å². The molecule has 0 spiro atoms. The topological polar surface area (TPSA) is 172 Å². The highest BCUT2D eigenvalue weighted by Gasteiger charge is 2.17. The Kier molecular flexibility index (Phi) is 11.7. The summed E-state index contributed by atoms with van der Waals surface area (Å²) in [6, 6.07) is 5.41. The van der Waals surface area contributed by atoms with Crippen molar-refractivity contribution in [1.82, 2.24) is 19.7 Å². The van der Waals surface area contributed by atoms with Crippen LogP contribution in [0.3, 0.4) is 0 Å². The van der Waals surface area contributed by atoms with Crippen molar-refractivity contribution in [3.05, 3.63) is 30.1 Å². The van der Waals surface area contributed by atoms with Crippen LogP contribution in [0.4, 0.5) is 0 Å². The number of aromatic nitrogens is 1. The molecule has 1 heterocycles. The molecule has 31 heavy (non-hydrogen) atoms. The van der Waals surface area contributed by atoms with Gasteiger partial charge in [-0.1, -0.05) is 6.07 Å². The molecular formula is C19H28N4O8. The zero-order valence-electron chi connectivity index (χ0n) is 17.1. The van der Waals surface area contributed by atoms with E-state index < -0.39 is 50.1 Å². The number of pyridine rings is 1. The van der Waals surface area contributed by atoms with Crippen molar-refractivity contribution in [3.63, 3.8) is 0 Å². The van der Waals surface area contributed by atoms with Crippen molar-refractivity contribution < 1.29 is 39.6 Å². The van der Waals surface area contributed by atoms with E-state index in [1.807, 2.05) is 17.0 Å². The first-order chi connectivity index (χ1) is 14.7. The van der Waals surface area contributed by atoms with Crippen LogP contribution in [0.25, 0.3) is 0 Å². The maximum Gasteiger partial charge on any atom is 0.317 e. The number of carbonyl (C=O) groups is 4. The number of hydrogen-bond donors (Lipinski definition) is 4. The standard InChI is InChI=1S/C19H28N4O8/c24-16(25)11-22(12-17(26)27)7-3-6-21(10-15-4-1-2-5-20-15)8-9-23(13-18(28)29)14-19(30)31/h1-2,4-5H,3,6-14H2,(H,24,25)(H,26,27)(H,28,29)(H,30,31). The van der Waals surface area contributed by atoms with Gasteiger partial charge in [-0.15, -0.1) is 0 Å². The molecule has 0 aliphatic rings. The van der Waals surface area contributed by atoms with Crippen LogP contribution < -0.4 is 0 Å².